The van der Waals surface area contributed by atoms with E-state index in [0.29, 0.717) is 13.0 Å². The zero-order chi connectivity index (χ0) is 19.4. The molecule has 6 heteroatoms. The van der Waals surface area contributed by atoms with Crippen molar-refractivity contribution in [2.75, 3.05) is 20.3 Å². The van der Waals surface area contributed by atoms with Gasteiger partial charge in [0.25, 0.3) is 0 Å². The number of ketones is 1. The molecule has 0 bridgehead atoms. The Morgan fingerprint density at radius 2 is 1.52 bits per heavy atom. The lowest BCUT2D eigenvalue weighted by atomic mass is 10.0. The number of Topliss-reactive ketones (excluding diaryl/α,β-unsaturated/α-hetero) is 1. The predicted octanol–water partition coefficient (Wildman–Crippen LogP) is 2.59. The highest BCUT2D eigenvalue weighted by atomic mass is 31.0. The second-order valence-electron chi connectivity index (χ2n) is 4.61. The van der Waals surface area contributed by atoms with E-state index in [-0.39, 0.29) is 23.7 Å². The number of carbonyl (C=O) groups excluding carboxylic acids is 2. The first-order chi connectivity index (χ1) is 10.9. The number of nitrogens with two attached hydrogens (primary N) is 1. The summed E-state index contributed by atoms with van der Waals surface area (Å²) in [4.78, 5) is 23.3. The van der Waals surface area contributed by atoms with E-state index < -0.39 is 6.04 Å². The van der Waals surface area contributed by atoms with Gasteiger partial charge in [-0.25, -0.2) is 0 Å². The van der Waals surface area contributed by atoms with Crippen LogP contribution in [0, 0.1) is 5.92 Å². The van der Waals surface area contributed by atoms with E-state index in [0.717, 1.165) is 6.42 Å². The molecule has 0 radical (unpaired) electrons. The van der Waals surface area contributed by atoms with Crippen molar-refractivity contribution in [3.05, 3.63) is 0 Å². The van der Waals surface area contributed by atoms with E-state index in [9.17, 15) is 9.59 Å². The maximum absolute atomic E-state index is 11.9. The van der Waals surface area contributed by atoms with Crippen LogP contribution in [0.3, 0.4) is 0 Å². The molecule has 0 aromatic heterocycles. The first-order valence-electron chi connectivity index (χ1n) is 8.69. The number of hydrogen-bond donors (Lipinski definition) is 3. The molecular formula is C17H42N3O2P. The monoisotopic (exact) mass is 351 g/mol. The first kappa shape index (κ1) is 30.4. The molecule has 3 unspecified atom stereocenters. The van der Waals surface area contributed by atoms with Crippen molar-refractivity contribution >= 4 is 20.9 Å². The SMILES string of the molecule is CC.CC.CNC(C(=O)NC(CCCN)C(C)=O)C(C)C.CP. The van der Waals surface area contributed by atoms with Crippen LogP contribution in [0.25, 0.3) is 0 Å². The van der Waals surface area contributed by atoms with Gasteiger partial charge in [-0.3, -0.25) is 9.59 Å². The van der Waals surface area contributed by atoms with Crippen LogP contribution in [0.5, 0.6) is 0 Å². The summed E-state index contributed by atoms with van der Waals surface area (Å²) in [5.41, 5.74) is 5.41. The molecule has 0 aromatic rings. The molecule has 0 aliphatic heterocycles. The van der Waals surface area contributed by atoms with Crippen molar-refractivity contribution in [3.63, 3.8) is 0 Å². The molecule has 1 amide bonds. The molecule has 0 saturated heterocycles. The average Bonchev–Trinajstić information content (AvgIpc) is 2.57. The molecule has 4 N–H and O–H groups in total. The van der Waals surface area contributed by atoms with Gasteiger partial charge < -0.3 is 16.4 Å². The molecule has 0 aliphatic rings. The molecule has 5 nitrogen and oxygen atoms in total. The zero-order valence-electron chi connectivity index (χ0n) is 16.8. The van der Waals surface area contributed by atoms with Crippen LogP contribution < -0.4 is 16.4 Å². The topological polar surface area (TPSA) is 84.2 Å². The van der Waals surface area contributed by atoms with E-state index >= 15 is 0 Å². The van der Waals surface area contributed by atoms with Crippen molar-refractivity contribution < 1.29 is 9.59 Å². The number of nitrogens with one attached hydrogen (secondary N) is 2. The van der Waals surface area contributed by atoms with Crippen molar-refractivity contribution in [2.45, 2.75) is 73.4 Å². The Morgan fingerprint density at radius 3 is 1.78 bits per heavy atom. The molecule has 0 aromatic carbocycles. The fourth-order valence-electron chi connectivity index (χ4n) is 1.73. The zero-order valence-corrected chi connectivity index (χ0v) is 18.0. The van der Waals surface area contributed by atoms with E-state index in [1.165, 1.54) is 6.92 Å². The first-order valence-corrected chi connectivity index (χ1v) is 9.85. The number of likely N-dealkylation sites (N-methyl/N-ethyl adjacent to an activating group) is 1. The van der Waals surface area contributed by atoms with Gasteiger partial charge in [0.15, 0.2) is 5.78 Å². The van der Waals surface area contributed by atoms with Crippen LogP contribution in [-0.4, -0.2) is 44.0 Å². The fraction of sp³-hybridized carbons (Fsp3) is 0.882. The predicted molar refractivity (Wildman–Crippen MR) is 107 cm³/mol. The second kappa shape index (κ2) is 23.8. The number of rotatable bonds is 8. The van der Waals surface area contributed by atoms with E-state index in [4.69, 9.17) is 5.73 Å². The quantitative estimate of drug-likeness (QED) is 0.587. The normalized spacial score (nSPS) is 11.5. The largest absolute Gasteiger partial charge is 0.345 e. The lowest BCUT2D eigenvalue weighted by Gasteiger charge is -2.23. The van der Waals surface area contributed by atoms with Crippen molar-refractivity contribution in [3.8, 4) is 0 Å². The van der Waals surface area contributed by atoms with Gasteiger partial charge in [-0.1, -0.05) is 48.2 Å². The summed E-state index contributed by atoms with van der Waals surface area (Å²) >= 11 is 0. The highest BCUT2D eigenvalue weighted by Gasteiger charge is 2.24. The van der Waals surface area contributed by atoms with E-state index in [1.54, 1.807) is 7.05 Å². The Kier molecular flexibility index (Phi) is 31.4. The minimum absolute atomic E-state index is 0.0228. The Balaban J connectivity index is -0.000000267. The van der Waals surface area contributed by atoms with Gasteiger partial charge >= 0.3 is 0 Å². The molecule has 0 fully saturated rings. The van der Waals surface area contributed by atoms with Crippen molar-refractivity contribution in [1.82, 2.24) is 10.6 Å². The van der Waals surface area contributed by atoms with Gasteiger partial charge in [0.2, 0.25) is 5.91 Å². The third-order valence-corrected chi connectivity index (χ3v) is 2.76. The molecule has 0 rings (SSSR count). The molecule has 23 heavy (non-hydrogen) atoms. The second-order valence-corrected chi connectivity index (χ2v) is 4.61. The third-order valence-electron chi connectivity index (χ3n) is 2.76. The van der Waals surface area contributed by atoms with E-state index in [2.05, 4.69) is 19.9 Å². The Hall–Kier alpha value is -0.510. The van der Waals surface area contributed by atoms with Crippen molar-refractivity contribution in [2.24, 2.45) is 11.7 Å². The molecule has 0 spiro atoms. The third kappa shape index (κ3) is 17.7. The van der Waals surface area contributed by atoms with Crippen LogP contribution in [0.4, 0.5) is 0 Å². The maximum atomic E-state index is 11.9. The number of hydrogen-bond acceptors (Lipinski definition) is 4. The Bertz CT molecular complexity index is 262. The molecule has 3 atom stereocenters. The van der Waals surface area contributed by atoms with Crippen LogP contribution in [0.15, 0.2) is 0 Å². The summed E-state index contributed by atoms with van der Waals surface area (Å²) in [6.07, 6.45) is 1.34. The van der Waals surface area contributed by atoms with Crippen LogP contribution in [-0.2, 0) is 9.59 Å². The maximum Gasteiger partial charge on any atom is 0.237 e. The van der Waals surface area contributed by atoms with Crippen LogP contribution >= 0.6 is 9.24 Å². The summed E-state index contributed by atoms with van der Waals surface area (Å²) in [7, 11) is 4.16. The van der Waals surface area contributed by atoms with Gasteiger partial charge in [-0.15, -0.1) is 9.24 Å². The van der Waals surface area contributed by atoms with Gasteiger partial charge in [0.1, 0.15) is 0 Å². The Morgan fingerprint density at radius 1 is 1.09 bits per heavy atom. The summed E-state index contributed by atoms with van der Waals surface area (Å²) < 4.78 is 0. The highest BCUT2D eigenvalue weighted by molar-refractivity contribution is 7.15. The number of amides is 1. The smallest absolute Gasteiger partial charge is 0.237 e. The summed E-state index contributed by atoms with van der Waals surface area (Å²) in [5, 5.41) is 5.73. The minimum atomic E-state index is -0.416. The fourth-order valence-corrected chi connectivity index (χ4v) is 1.73. The summed E-state index contributed by atoms with van der Waals surface area (Å²) in [6, 6.07) is -0.685. The highest BCUT2D eigenvalue weighted by Crippen LogP contribution is 2.04. The average molecular weight is 352 g/mol. The van der Waals surface area contributed by atoms with Crippen LogP contribution in [0.2, 0.25) is 0 Å². The van der Waals surface area contributed by atoms with Crippen molar-refractivity contribution in [1.29, 1.82) is 0 Å². The van der Waals surface area contributed by atoms with Gasteiger partial charge in [-0.05, 0) is 39.3 Å². The van der Waals surface area contributed by atoms with Crippen LogP contribution in [0.1, 0.15) is 61.3 Å². The molecule has 0 aliphatic carbocycles. The minimum Gasteiger partial charge on any atom is -0.345 e. The summed E-state index contributed by atoms with van der Waals surface area (Å²) in [6.45, 7) is 15.9. The number of carbonyl (C=O) groups is 2. The van der Waals surface area contributed by atoms with E-state index in [1.807, 2.05) is 48.2 Å². The lowest BCUT2D eigenvalue weighted by Crippen LogP contribution is -2.51. The summed E-state index contributed by atoms with van der Waals surface area (Å²) in [5.74, 6) is 0.0345. The lowest BCUT2D eigenvalue weighted by molar-refractivity contribution is -0.129. The van der Waals surface area contributed by atoms with Gasteiger partial charge in [-0.2, -0.15) is 0 Å². The van der Waals surface area contributed by atoms with Gasteiger partial charge in [0.05, 0.1) is 12.1 Å². The molecule has 0 heterocycles. The molecule has 142 valence electrons. The Labute approximate surface area is 147 Å². The van der Waals surface area contributed by atoms with Gasteiger partial charge in [0, 0.05) is 0 Å². The standard InChI is InChI=1S/C12H25N3O2.2C2H6.CH5P/c1-8(2)11(14-4)12(17)15-10(9(3)16)6-5-7-13;3*1-2/h8,10-11,14H,5-7,13H2,1-4H3,(H,15,17);2*1-2H3;2H2,1H3. The molecule has 0 saturated carbocycles. The molecular weight excluding hydrogens is 309 g/mol.